The van der Waals surface area contributed by atoms with Crippen LogP contribution in [0.3, 0.4) is 0 Å². The largest absolute Gasteiger partial charge is 0.410 e. The van der Waals surface area contributed by atoms with Crippen LogP contribution in [0.2, 0.25) is 0 Å². The minimum Gasteiger partial charge on any atom is -0.410 e. The molecule has 0 aliphatic carbocycles. The molecule has 0 saturated heterocycles. The molecule has 0 radical (unpaired) electrons. The zero-order valence-corrected chi connectivity index (χ0v) is 8.92. The molecule has 1 heterocycles. The summed E-state index contributed by atoms with van der Waals surface area (Å²) in [6, 6.07) is 7.18. The first-order chi connectivity index (χ1) is 7.83. The molecular formula is C11H12N2O3. The first kappa shape index (κ1) is 10.6. The molecule has 0 spiro atoms. The predicted octanol–water partition coefficient (Wildman–Crippen LogP) is 0.471. The van der Waals surface area contributed by atoms with Crippen LogP contribution in [0.4, 0.5) is 0 Å². The third-order valence-electron chi connectivity index (χ3n) is 2.17. The molecular weight excluding hydrogens is 208 g/mol. The Morgan fingerprint density at radius 2 is 2.12 bits per heavy atom. The number of rotatable bonds is 4. The topological polar surface area (TPSA) is 53.4 Å². The van der Waals surface area contributed by atoms with Gasteiger partial charge in [0.1, 0.15) is 12.9 Å². The Kier molecular flexibility index (Phi) is 3.16. The monoisotopic (exact) mass is 220 g/mol. The van der Waals surface area contributed by atoms with Crippen LogP contribution in [-0.2, 0) is 4.74 Å². The quantitative estimate of drug-likeness (QED) is 0.703. The second-order valence-corrected chi connectivity index (χ2v) is 3.22. The molecule has 2 aromatic rings. The first-order valence-electron chi connectivity index (χ1n) is 4.91. The van der Waals surface area contributed by atoms with E-state index in [4.69, 9.17) is 9.57 Å². The third kappa shape index (κ3) is 2.04. The van der Waals surface area contributed by atoms with Crippen molar-refractivity contribution in [1.82, 2.24) is 9.71 Å². The molecule has 5 nitrogen and oxygen atoms in total. The average molecular weight is 220 g/mol. The number of aromatic nitrogens is 2. The zero-order chi connectivity index (χ0) is 11.4. The van der Waals surface area contributed by atoms with E-state index in [-0.39, 0.29) is 5.56 Å². The SMILES string of the molecule is COCCOn1cnc(=O)c2ccccc21. The van der Waals surface area contributed by atoms with Gasteiger partial charge in [0, 0.05) is 7.11 Å². The number of benzene rings is 1. The highest BCUT2D eigenvalue weighted by Crippen LogP contribution is 2.06. The van der Waals surface area contributed by atoms with Crippen molar-refractivity contribution in [3.63, 3.8) is 0 Å². The van der Waals surface area contributed by atoms with Crippen molar-refractivity contribution in [3.05, 3.63) is 40.9 Å². The summed E-state index contributed by atoms with van der Waals surface area (Å²) in [4.78, 5) is 20.6. The zero-order valence-electron chi connectivity index (χ0n) is 8.92. The van der Waals surface area contributed by atoms with E-state index in [1.807, 2.05) is 12.1 Å². The van der Waals surface area contributed by atoms with Crippen molar-refractivity contribution in [1.29, 1.82) is 0 Å². The number of para-hydroxylation sites is 1. The van der Waals surface area contributed by atoms with Crippen molar-refractivity contribution in [2.45, 2.75) is 0 Å². The Bertz CT molecular complexity index is 536. The maximum atomic E-state index is 11.5. The van der Waals surface area contributed by atoms with Gasteiger partial charge in [-0.3, -0.25) is 4.79 Å². The fraction of sp³-hybridized carbons (Fsp3) is 0.273. The summed E-state index contributed by atoms with van der Waals surface area (Å²) < 4.78 is 6.36. The van der Waals surface area contributed by atoms with Crippen molar-refractivity contribution in [3.8, 4) is 0 Å². The van der Waals surface area contributed by atoms with Crippen LogP contribution in [0, 0.1) is 0 Å². The van der Waals surface area contributed by atoms with E-state index < -0.39 is 0 Å². The summed E-state index contributed by atoms with van der Waals surface area (Å²) in [7, 11) is 1.60. The van der Waals surface area contributed by atoms with Crippen LogP contribution >= 0.6 is 0 Å². The summed E-state index contributed by atoms with van der Waals surface area (Å²) >= 11 is 0. The Morgan fingerprint density at radius 1 is 1.31 bits per heavy atom. The molecule has 5 heteroatoms. The Balaban J connectivity index is 2.38. The number of nitrogens with zero attached hydrogens (tertiary/aromatic N) is 2. The van der Waals surface area contributed by atoms with Gasteiger partial charge in [-0.05, 0) is 12.1 Å². The summed E-state index contributed by atoms with van der Waals surface area (Å²) in [5.41, 5.74) is 0.459. The first-order valence-corrected chi connectivity index (χ1v) is 4.91. The van der Waals surface area contributed by atoms with E-state index in [1.54, 1.807) is 19.2 Å². The van der Waals surface area contributed by atoms with Crippen LogP contribution in [0.25, 0.3) is 10.9 Å². The lowest BCUT2D eigenvalue weighted by Crippen LogP contribution is -2.20. The van der Waals surface area contributed by atoms with Gasteiger partial charge in [0.25, 0.3) is 5.56 Å². The van der Waals surface area contributed by atoms with Crippen LogP contribution < -0.4 is 10.4 Å². The molecule has 0 fully saturated rings. The highest BCUT2D eigenvalue weighted by molar-refractivity contribution is 5.77. The van der Waals surface area contributed by atoms with Gasteiger partial charge in [-0.25, -0.2) is 0 Å². The van der Waals surface area contributed by atoms with Crippen molar-refractivity contribution < 1.29 is 9.57 Å². The van der Waals surface area contributed by atoms with E-state index in [1.165, 1.54) is 11.1 Å². The Labute approximate surface area is 92.2 Å². The molecule has 0 unspecified atom stereocenters. The molecule has 0 amide bonds. The normalized spacial score (nSPS) is 10.6. The number of fused-ring (bicyclic) bond motifs is 1. The fourth-order valence-corrected chi connectivity index (χ4v) is 1.41. The Morgan fingerprint density at radius 3 is 2.94 bits per heavy atom. The minimum atomic E-state index is -0.248. The highest BCUT2D eigenvalue weighted by atomic mass is 16.7. The molecule has 0 bridgehead atoms. The van der Waals surface area contributed by atoms with Crippen LogP contribution in [0.15, 0.2) is 35.4 Å². The predicted molar refractivity (Wildman–Crippen MR) is 59.3 cm³/mol. The third-order valence-corrected chi connectivity index (χ3v) is 2.17. The van der Waals surface area contributed by atoms with Gasteiger partial charge in [-0.1, -0.05) is 12.1 Å². The smallest absolute Gasteiger partial charge is 0.280 e. The summed E-state index contributed by atoms with van der Waals surface area (Å²) in [5.74, 6) is 0. The maximum Gasteiger partial charge on any atom is 0.280 e. The van der Waals surface area contributed by atoms with Crippen molar-refractivity contribution in [2.75, 3.05) is 20.3 Å². The Hall–Kier alpha value is -1.88. The van der Waals surface area contributed by atoms with Gasteiger partial charge >= 0.3 is 0 Å². The van der Waals surface area contributed by atoms with Gasteiger partial charge in [0.05, 0.1) is 17.5 Å². The molecule has 0 aliphatic rings. The number of methoxy groups -OCH3 is 1. The van der Waals surface area contributed by atoms with Crippen molar-refractivity contribution in [2.24, 2.45) is 0 Å². The van der Waals surface area contributed by atoms with Gasteiger partial charge in [0.2, 0.25) is 0 Å². The average Bonchev–Trinajstić information content (AvgIpc) is 2.33. The van der Waals surface area contributed by atoms with Crippen LogP contribution in [0.1, 0.15) is 0 Å². The standard InChI is InChI=1S/C11H12N2O3/c1-15-6-7-16-13-8-12-11(14)9-4-2-3-5-10(9)13/h2-5,8H,6-7H2,1H3. The lowest BCUT2D eigenvalue weighted by Gasteiger charge is -2.10. The highest BCUT2D eigenvalue weighted by Gasteiger charge is 2.02. The summed E-state index contributed by atoms with van der Waals surface area (Å²) in [6.45, 7) is 0.894. The van der Waals surface area contributed by atoms with Gasteiger partial charge in [-0.2, -0.15) is 9.71 Å². The number of hydrogen-bond donors (Lipinski definition) is 0. The van der Waals surface area contributed by atoms with Crippen LogP contribution in [0.5, 0.6) is 0 Å². The maximum absolute atomic E-state index is 11.5. The number of hydrogen-bond acceptors (Lipinski definition) is 4. The van der Waals surface area contributed by atoms with Crippen molar-refractivity contribution >= 4 is 10.9 Å². The summed E-state index contributed by atoms with van der Waals surface area (Å²) in [6.07, 6.45) is 1.38. The lowest BCUT2D eigenvalue weighted by atomic mass is 10.2. The molecule has 84 valence electrons. The van der Waals surface area contributed by atoms with E-state index in [0.717, 1.165) is 0 Å². The van der Waals surface area contributed by atoms with E-state index in [0.29, 0.717) is 24.1 Å². The van der Waals surface area contributed by atoms with E-state index in [9.17, 15) is 4.79 Å². The van der Waals surface area contributed by atoms with Crippen LogP contribution in [-0.4, -0.2) is 30.0 Å². The molecule has 1 aromatic carbocycles. The van der Waals surface area contributed by atoms with Gasteiger partial charge in [0.15, 0.2) is 0 Å². The minimum absolute atomic E-state index is 0.248. The fourth-order valence-electron chi connectivity index (χ4n) is 1.41. The second-order valence-electron chi connectivity index (χ2n) is 3.22. The summed E-state index contributed by atoms with van der Waals surface area (Å²) in [5, 5.41) is 0.544. The lowest BCUT2D eigenvalue weighted by molar-refractivity contribution is 0.0616. The molecule has 0 aliphatic heterocycles. The molecule has 16 heavy (non-hydrogen) atoms. The molecule has 0 atom stereocenters. The van der Waals surface area contributed by atoms with E-state index >= 15 is 0 Å². The molecule has 1 aromatic heterocycles. The van der Waals surface area contributed by atoms with Gasteiger partial charge < -0.3 is 9.57 Å². The second kappa shape index (κ2) is 4.76. The van der Waals surface area contributed by atoms with Gasteiger partial charge in [-0.15, -0.1) is 0 Å². The molecule has 2 rings (SSSR count). The number of ether oxygens (including phenoxy) is 1. The molecule has 0 N–H and O–H groups in total. The molecule has 0 saturated carbocycles. The van der Waals surface area contributed by atoms with E-state index in [2.05, 4.69) is 4.98 Å².